The van der Waals surface area contributed by atoms with Crippen LogP contribution in [0, 0.1) is 6.92 Å². The lowest BCUT2D eigenvalue weighted by atomic mass is 10.2. The Kier molecular flexibility index (Phi) is 2.68. The van der Waals surface area contributed by atoms with Crippen LogP contribution in [0.4, 0.5) is 0 Å². The third-order valence-electron chi connectivity index (χ3n) is 2.48. The van der Waals surface area contributed by atoms with Crippen molar-refractivity contribution in [2.24, 2.45) is 0 Å². The molecular weight excluding hydrogens is 176 g/mol. The number of pyridine rings is 1. The van der Waals surface area contributed by atoms with E-state index in [0.29, 0.717) is 0 Å². The molecule has 1 N–H and O–H groups in total. The first-order chi connectivity index (χ1) is 6.79. The van der Waals surface area contributed by atoms with Gasteiger partial charge >= 0.3 is 0 Å². The van der Waals surface area contributed by atoms with E-state index in [-0.39, 0.29) is 6.10 Å². The highest BCUT2D eigenvalue weighted by atomic mass is 16.5. The summed E-state index contributed by atoms with van der Waals surface area (Å²) in [5.74, 6) is 0.799. The fourth-order valence-corrected chi connectivity index (χ4v) is 1.64. The summed E-state index contributed by atoms with van der Waals surface area (Å²) >= 11 is 0. The molecule has 14 heavy (non-hydrogen) atoms. The molecule has 0 fully saturated rings. The van der Waals surface area contributed by atoms with Gasteiger partial charge in [-0.25, -0.2) is 4.98 Å². The van der Waals surface area contributed by atoms with E-state index in [4.69, 9.17) is 4.74 Å². The molecule has 3 heteroatoms. The summed E-state index contributed by atoms with van der Waals surface area (Å²) in [4.78, 5) is 4.31. The number of hydrogen-bond donors (Lipinski definition) is 1. The predicted octanol–water partition coefficient (Wildman–Crippen LogP) is 1.65. The molecule has 0 unspecified atom stereocenters. The lowest BCUT2D eigenvalue weighted by Gasteiger charge is -2.13. The molecule has 1 atom stereocenters. The van der Waals surface area contributed by atoms with Gasteiger partial charge in [0, 0.05) is 24.8 Å². The Labute approximate surface area is 84.5 Å². The van der Waals surface area contributed by atoms with Gasteiger partial charge in [-0.2, -0.15) is 0 Å². The number of rotatable bonds is 1. The first-order valence-electron chi connectivity index (χ1n) is 5.12. The fraction of sp³-hybridized carbons (Fsp3) is 0.545. The molecule has 0 aliphatic carbocycles. The quantitative estimate of drug-likeness (QED) is 0.734. The number of aromatic nitrogens is 1. The minimum atomic E-state index is 0.256. The Morgan fingerprint density at radius 2 is 2.50 bits per heavy atom. The Bertz CT molecular complexity index is 325. The maximum Gasteiger partial charge on any atom is 0.218 e. The van der Waals surface area contributed by atoms with Crippen LogP contribution < -0.4 is 10.1 Å². The van der Waals surface area contributed by atoms with Crippen LogP contribution in [-0.2, 0) is 6.54 Å². The second kappa shape index (κ2) is 3.96. The highest BCUT2D eigenvalue weighted by Gasteiger charge is 2.16. The van der Waals surface area contributed by atoms with Gasteiger partial charge in [0.15, 0.2) is 0 Å². The normalized spacial score (nSPS) is 20.9. The van der Waals surface area contributed by atoms with E-state index in [1.807, 2.05) is 6.20 Å². The van der Waals surface area contributed by atoms with Crippen molar-refractivity contribution in [3.8, 4) is 5.88 Å². The lowest BCUT2D eigenvalue weighted by molar-refractivity contribution is 0.194. The molecule has 1 aliphatic rings. The molecule has 2 heterocycles. The predicted molar refractivity (Wildman–Crippen MR) is 55.4 cm³/mol. The first-order valence-corrected chi connectivity index (χ1v) is 5.12. The molecular formula is C11H16N2O. The second-order valence-electron chi connectivity index (χ2n) is 3.76. The molecule has 1 aromatic rings. The summed E-state index contributed by atoms with van der Waals surface area (Å²) in [7, 11) is 0. The van der Waals surface area contributed by atoms with Crippen molar-refractivity contribution in [3.63, 3.8) is 0 Å². The van der Waals surface area contributed by atoms with Crippen LogP contribution in [-0.4, -0.2) is 17.6 Å². The van der Waals surface area contributed by atoms with Crippen molar-refractivity contribution in [1.29, 1.82) is 0 Å². The van der Waals surface area contributed by atoms with E-state index in [1.54, 1.807) is 0 Å². The smallest absolute Gasteiger partial charge is 0.218 e. The van der Waals surface area contributed by atoms with E-state index in [0.717, 1.165) is 25.4 Å². The highest BCUT2D eigenvalue weighted by molar-refractivity contribution is 5.30. The topological polar surface area (TPSA) is 34.2 Å². The van der Waals surface area contributed by atoms with Crippen LogP contribution in [0.5, 0.6) is 5.88 Å². The molecule has 0 bridgehead atoms. The number of nitrogens with one attached hydrogen (secondary N) is 1. The third kappa shape index (κ3) is 1.87. The van der Waals surface area contributed by atoms with Crippen LogP contribution in [0.25, 0.3) is 0 Å². The number of hydrogen-bond acceptors (Lipinski definition) is 3. The molecule has 0 radical (unpaired) electrons. The number of ether oxygens (including phenoxy) is 1. The highest BCUT2D eigenvalue weighted by Crippen LogP contribution is 2.20. The Morgan fingerprint density at radius 3 is 3.29 bits per heavy atom. The monoisotopic (exact) mass is 192 g/mol. The zero-order valence-corrected chi connectivity index (χ0v) is 8.71. The van der Waals surface area contributed by atoms with Gasteiger partial charge in [0.05, 0.1) is 0 Å². The average Bonchev–Trinajstić information content (AvgIpc) is 2.38. The zero-order chi connectivity index (χ0) is 9.97. The van der Waals surface area contributed by atoms with E-state index < -0.39 is 0 Å². The summed E-state index contributed by atoms with van der Waals surface area (Å²) in [5.41, 5.74) is 2.35. The summed E-state index contributed by atoms with van der Waals surface area (Å²) in [5, 5.41) is 3.37. The van der Waals surface area contributed by atoms with Crippen LogP contribution in [0.3, 0.4) is 0 Å². The van der Waals surface area contributed by atoms with Crippen molar-refractivity contribution in [2.45, 2.75) is 32.9 Å². The van der Waals surface area contributed by atoms with Gasteiger partial charge in [0.2, 0.25) is 5.88 Å². The van der Waals surface area contributed by atoms with Gasteiger partial charge in [-0.15, -0.1) is 0 Å². The molecule has 2 rings (SSSR count). The second-order valence-corrected chi connectivity index (χ2v) is 3.76. The van der Waals surface area contributed by atoms with Crippen LogP contribution in [0.15, 0.2) is 12.3 Å². The molecule has 76 valence electrons. The lowest BCUT2D eigenvalue weighted by Crippen LogP contribution is -2.27. The molecule has 0 spiro atoms. The Morgan fingerprint density at radius 1 is 1.64 bits per heavy atom. The first kappa shape index (κ1) is 9.46. The van der Waals surface area contributed by atoms with E-state index in [2.05, 4.69) is 30.2 Å². The third-order valence-corrected chi connectivity index (χ3v) is 2.48. The zero-order valence-electron chi connectivity index (χ0n) is 8.71. The molecule has 0 aromatic carbocycles. The van der Waals surface area contributed by atoms with Crippen molar-refractivity contribution in [1.82, 2.24) is 10.3 Å². The SMILES string of the molecule is CC[C@@H]1CNCc2cc(C)cnc2O1. The van der Waals surface area contributed by atoms with Crippen molar-refractivity contribution >= 4 is 0 Å². The molecule has 0 amide bonds. The van der Waals surface area contributed by atoms with Gasteiger partial charge in [0.1, 0.15) is 6.10 Å². The molecule has 3 nitrogen and oxygen atoms in total. The van der Waals surface area contributed by atoms with E-state index >= 15 is 0 Å². The maximum absolute atomic E-state index is 5.79. The number of aryl methyl sites for hydroxylation is 1. The Hall–Kier alpha value is -1.09. The minimum Gasteiger partial charge on any atom is -0.473 e. The molecule has 0 saturated carbocycles. The van der Waals surface area contributed by atoms with E-state index in [9.17, 15) is 0 Å². The van der Waals surface area contributed by atoms with Crippen molar-refractivity contribution < 1.29 is 4.74 Å². The number of nitrogens with zero attached hydrogens (tertiary/aromatic N) is 1. The number of fused-ring (bicyclic) bond motifs is 1. The van der Waals surface area contributed by atoms with E-state index in [1.165, 1.54) is 11.1 Å². The fourth-order valence-electron chi connectivity index (χ4n) is 1.64. The largest absolute Gasteiger partial charge is 0.473 e. The summed E-state index contributed by atoms with van der Waals surface area (Å²) in [6.45, 7) is 5.95. The van der Waals surface area contributed by atoms with Gasteiger partial charge in [0.25, 0.3) is 0 Å². The Balaban J connectivity index is 2.27. The van der Waals surface area contributed by atoms with Gasteiger partial charge < -0.3 is 10.1 Å². The van der Waals surface area contributed by atoms with Gasteiger partial charge in [-0.1, -0.05) is 6.92 Å². The summed E-state index contributed by atoms with van der Waals surface area (Å²) in [6, 6.07) is 2.13. The molecule has 0 saturated heterocycles. The van der Waals surface area contributed by atoms with Gasteiger partial charge in [-0.3, -0.25) is 0 Å². The standard InChI is InChI=1S/C11H16N2O/c1-3-10-7-12-6-9-4-8(2)5-13-11(9)14-10/h4-5,10,12H,3,6-7H2,1-2H3/t10-/m1/s1. The van der Waals surface area contributed by atoms with Crippen molar-refractivity contribution in [3.05, 3.63) is 23.4 Å². The van der Waals surface area contributed by atoms with Crippen molar-refractivity contribution in [2.75, 3.05) is 6.54 Å². The summed E-state index contributed by atoms with van der Waals surface area (Å²) in [6.07, 6.45) is 3.13. The minimum absolute atomic E-state index is 0.256. The van der Waals surface area contributed by atoms with Gasteiger partial charge in [-0.05, 0) is 25.0 Å². The maximum atomic E-state index is 5.79. The van der Waals surface area contributed by atoms with Crippen LogP contribution in [0.1, 0.15) is 24.5 Å². The average molecular weight is 192 g/mol. The molecule has 1 aliphatic heterocycles. The molecule has 1 aromatic heterocycles. The summed E-state index contributed by atoms with van der Waals surface area (Å²) < 4.78 is 5.79. The van der Waals surface area contributed by atoms with Crippen LogP contribution in [0.2, 0.25) is 0 Å². The van der Waals surface area contributed by atoms with Crippen LogP contribution >= 0.6 is 0 Å².